The summed E-state index contributed by atoms with van der Waals surface area (Å²) in [5, 5.41) is 21.2. The van der Waals surface area contributed by atoms with E-state index in [1.54, 1.807) is 12.1 Å². The third-order valence-electron chi connectivity index (χ3n) is 3.61. The Kier molecular flexibility index (Phi) is 5.79. The van der Waals surface area contributed by atoms with Gasteiger partial charge in [-0.25, -0.2) is 0 Å². The predicted molar refractivity (Wildman–Crippen MR) is 105 cm³/mol. The number of nitrogens with one attached hydrogen (secondary N) is 1. The van der Waals surface area contributed by atoms with Crippen molar-refractivity contribution in [2.75, 3.05) is 5.32 Å². The van der Waals surface area contributed by atoms with Crippen molar-refractivity contribution >= 4 is 28.5 Å². The highest BCUT2D eigenvalue weighted by Gasteiger charge is 2.14. The second-order valence-electron chi connectivity index (χ2n) is 6.29. The fraction of sp³-hybridized carbons (Fsp3) is 0.200. The van der Waals surface area contributed by atoms with Crippen molar-refractivity contribution in [2.45, 2.75) is 20.3 Å². The molecule has 136 valence electrons. The van der Waals surface area contributed by atoms with Gasteiger partial charge >= 0.3 is 0 Å². The van der Waals surface area contributed by atoms with Crippen molar-refractivity contribution in [2.24, 2.45) is 5.92 Å². The van der Waals surface area contributed by atoms with Gasteiger partial charge in [0.1, 0.15) is 28.2 Å². The number of aromatic nitrogens is 2. The monoisotopic (exact) mass is 378 g/mol. The molecular weight excluding hydrogens is 360 g/mol. The molecule has 3 aromatic rings. The quantitative estimate of drug-likeness (QED) is 0.502. The van der Waals surface area contributed by atoms with Crippen molar-refractivity contribution in [3.8, 4) is 17.4 Å². The summed E-state index contributed by atoms with van der Waals surface area (Å²) in [6.45, 7) is 4.17. The molecule has 2 heterocycles. The molecule has 0 atom stereocenters. The van der Waals surface area contributed by atoms with Crippen molar-refractivity contribution in [1.29, 1.82) is 5.26 Å². The van der Waals surface area contributed by atoms with Crippen molar-refractivity contribution in [1.82, 2.24) is 10.2 Å². The third-order valence-corrected chi connectivity index (χ3v) is 4.47. The average molecular weight is 378 g/mol. The average Bonchev–Trinajstić information content (AvgIpc) is 3.29. The maximum Gasteiger partial charge on any atom is 0.268 e. The number of rotatable bonds is 6. The summed E-state index contributed by atoms with van der Waals surface area (Å²) in [5.41, 5.74) is 0.858. The number of hydrogen-bond acceptors (Lipinski definition) is 6. The van der Waals surface area contributed by atoms with Crippen LogP contribution in [0.1, 0.15) is 24.6 Å². The SMILES string of the molecule is CC(C)Cc1nnc(NC(=O)/C(C#N)=C\c2ccc(-c3ccccc3)o2)s1. The summed E-state index contributed by atoms with van der Waals surface area (Å²) in [6, 6.07) is 15.0. The molecule has 1 aromatic carbocycles. The Hall–Kier alpha value is -3.24. The Morgan fingerprint density at radius 1 is 1.26 bits per heavy atom. The van der Waals surface area contributed by atoms with Gasteiger partial charge in [-0.05, 0) is 18.1 Å². The Morgan fingerprint density at radius 3 is 2.74 bits per heavy atom. The number of anilines is 1. The highest BCUT2D eigenvalue weighted by Crippen LogP contribution is 2.23. The number of nitriles is 1. The van der Waals surface area contributed by atoms with Crippen LogP contribution in [0.3, 0.4) is 0 Å². The van der Waals surface area contributed by atoms with E-state index in [0.717, 1.165) is 17.0 Å². The van der Waals surface area contributed by atoms with E-state index >= 15 is 0 Å². The van der Waals surface area contributed by atoms with Gasteiger partial charge in [-0.15, -0.1) is 10.2 Å². The van der Waals surface area contributed by atoms with Gasteiger partial charge in [-0.2, -0.15) is 5.26 Å². The lowest BCUT2D eigenvalue weighted by molar-refractivity contribution is -0.112. The van der Waals surface area contributed by atoms with E-state index in [1.165, 1.54) is 17.4 Å². The maximum atomic E-state index is 12.4. The van der Waals surface area contributed by atoms with Crippen LogP contribution >= 0.6 is 11.3 Å². The molecule has 1 amide bonds. The fourth-order valence-electron chi connectivity index (χ4n) is 2.38. The second-order valence-corrected chi connectivity index (χ2v) is 7.35. The van der Waals surface area contributed by atoms with Crippen molar-refractivity contribution in [3.05, 3.63) is 58.8 Å². The van der Waals surface area contributed by atoms with Crippen LogP contribution < -0.4 is 5.32 Å². The molecule has 0 fully saturated rings. The van der Waals surface area contributed by atoms with Crippen LogP contribution in [0.4, 0.5) is 5.13 Å². The molecule has 0 bridgehead atoms. The summed E-state index contributed by atoms with van der Waals surface area (Å²) in [5.74, 6) is 1.01. The van der Waals surface area contributed by atoms with Crippen LogP contribution in [0.15, 0.2) is 52.5 Å². The van der Waals surface area contributed by atoms with E-state index in [-0.39, 0.29) is 5.57 Å². The first-order valence-electron chi connectivity index (χ1n) is 8.46. The van der Waals surface area contributed by atoms with Crippen LogP contribution in [0, 0.1) is 17.2 Å². The molecule has 1 N–H and O–H groups in total. The summed E-state index contributed by atoms with van der Waals surface area (Å²) < 4.78 is 5.72. The molecule has 3 rings (SSSR count). The Balaban J connectivity index is 1.72. The minimum Gasteiger partial charge on any atom is -0.457 e. The predicted octanol–water partition coefficient (Wildman–Crippen LogP) is 4.54. The first kappa shape index (κ1) is 18.5. The molecule has 0 aliphatic carbocycles. The number of carbonyl (C=O) groups is 1. The first-order chi connectivity index (χ1) is 13.0. The zero-order chi connectivity index (χ0) is 19.2. The lowest BCUT2D eigenvalue weighted by atomic mass is 10.1. The van der Waals surface area contributed by atoms with Crippen LogP contribution in [0.5, 0.6) is 0 Å². The molecular formula is C20H18N4O2S. The van der Waals surface area contributed by atoms with E-state index in [0.29, 0.717) is 22.6 Å². The number of carbonyl (C=O) groups excluding carboxylic acids is 1. The molecule has 7 heteroatoms. The molecule has 2 aromatic heterocycles. The Labute approximate surface area is 161 Å². The third kappa shape index (κ3) is 4.90. The molecule has 6 nitrogen and oxygen atoms in total. The van der Waals surface area contributed by atoms with Gasteiger partial charge in [-0.1, -0.05) is 55.5 Å². The van der Waals surface area contributed by atoms with Crippen molar-refractivity contribution < 1.29 is 9.21 Å². The normalized spacial score (nSPS) is 11.4. The lowest BCUT2D eigenvalue weighted by Crippen LogP contribution is -2.13. The largest absolute Gasteiger partial charge is 0.457 e. The lowest BCUT2D eigenvalue weighted by Gasteiger charge is -1.99. The van der Waals surface area contributed by atoms with Crippen LogP contribution in [0.2, 0.25) is 0 Å². The van der Waals surface area contributed by atoms with E-state index < -0.39 is 5.91 Å². The maximum absolute atomic E-state index is 12.4. The van der Waals surface area contributed by atoms with E-state index in [4.69, 9.17) is 4.42 Å². The van der Waals surface area contributed by atoms with Crippen LogP contribution in [-0.4, -0.2) is 16.1 Å². The molecule has 0 radical (unpaired) electrons. The van der Waals surface area contributed by atoms with Crippen molar-refractivity contribution in [3.63, 3.8) is 0 Å². The van der Waals surface area contributed by atoms with Gasteiger partial charge in [0.25, 0.3) is 5.91 Å². The minimum absolute atomic E-state index is 0.0652. The zero-order valence-corrected chi connectivity index (χ0v) is 15.8. The number of nitrogens with zero attached hydrogens (tertiary/aromatic N) is 3. The van der Waals surface area contributed by atoms with Gasteiger partial charge in [0.15, 0.2) is 0 Å². The van der Waals surface area contributed by atoms with Crippen LogP contribution in [0.25, 0.3) is 17.4 Å². The topological polar surface area (TPSA) is 91.8 Å². The van der Waals surface area contributed by atoms with Gasteiger partial charge in [0.2, 0.25) is 5.13 Å². The smallest absolute Gasteiger partial charge is 0.268 e. The van der Waals surface area contributed by atoms with E-state index in [1.807, 2.05) is 36.4 Å². The molecule has 0 saturated carbocycles. The van der Waals surface area contributed by atoms with E-state index in [2.05, 4.69) is 29.4 Å². The minimum atomic E-state index is -0.539. The molecule has 0 aliphatic heterocycles. The molecule has 0 saturated heterocycles. The highest BCUT2D eigenvalue weighted by molar-refractivity contribution is 7.15. The summed E-state index contributed by atoms with van der Waals surface area (Å²) in [4.78, 5) is 12.4. The summed E-state index contributed by atoms with van der Waals surface area (Å²) in [7, 11) is 0. The molecule has 0 spiro atoms. The molecule has 0 aliphatic rings. The Bertz CT molecular complexity index is 996. The van der Waals surface area contributed by atoms with Crippen LogP contribution in [-0.2, 0) is 11.2 Å². The van der Waals surface area contributed by atoms with Gasteiger partial charge in [0.05, 0.1) is 0 Å². The highest BCUT2D eigenvalue weighted by atomic mass is 32.1. The number of amides is 1. The number of furan rings is 1. The standard InChI is InChI=1S/C20H18N4O2S/c1-13(2)10-18-23-24-20(27-18)22-19(25)15(12-21)11-16-8-9-17(26-16)14-6-4-3-5-7-14/h3-9,11,13H,10H2,1-2H3,(H,22,24,25)/b15-11-. The van der Waals surface area contributed by atoms with Gasteiger partial charge in [-0.3, -0.25) is 10.1 Å². The van der Waals surface area contributed by atoms with E-state index in [9.17, 15) is 10.1 Å². The molecule has 0 unspecified atom stereocenters. The second kappa shape index (κ2) is 8.43. The number of hydrogen-bond donors (Lipinski definition) is 1. The number of benzene rings is 1. The Morgan fingerprint density at radius 2 is 2.04 bits per heavy atom. The van der Waals surface area contributed by atoms with Gasteiger partial charge < -0.3 is 4.42 Å². The summed E-state index contributed by atoms with van der Waals surface area (Å²) in [6.07, 6.45) is 2.21. The van der Waals surface area contributed by atoms with Gasteiger partial charge in [0, 0.05) is 18.1 Å². The first-order valence-corrected chi connectivity index (χ1v) is 9.27. The fourth-order valence-corrected chi connectivity index (χ4v) is 3.33. The molecule has 27 heavy (non-hydrogen) atoms. The zero-order valence-electron chi connectivity index (χ0n) is 15.0. The summed E-state index contributed by atoms with van der Waals surface area (Å²) >= 11 is 1.31.